The second-order valence-corrected chi connectivity index (χ2v) is 10.7. The van der Waals surface area contributed by atoms with Crippen molar-refractivity contribution >= 4 is 17.9 Å². The summed E-state index contributed by atoms with van der Waals surface area (Å²) in [7, 11) is 0. The molecule has 0 aromatic heterocycles. The first-order chi connectivity index (χ1) is 16.4. The minimum atomic E-state index is -0.995. The second kappa shape index (κ2) is 12.6. The number of hydrogen-bond donors (Lipinski definition) is 2. The van der Waals surface area contributed by atoms with Gasteiger partial charge in [0.2, 0.25) is 11.8 Å². The molecular weight excluding hydrogens is 444 g/mol. The number of amides is 3. The maximum atomic E-state index is 13.8. The van der Waals surface area contributed by atoms with Crippen molar-refractivity contribution in [2.75, 3.05) is 6.54 Å². The van der Waals surface area contributed by atoms with Crippen LogP contribution in [0.4, 0.5) is 4.79 Å². The molecule has 1 saturated carbocycles. The number of rotatable bonds is 8. The first kappa shape index (κ1) is 28.2. The number of nitrogens with zero attached hydrogens (tertiary/aromatic N) is 2. The average molecular weight is 485 g/mol. The zero-order valence-electron chi connectivity index (χ0n) is 21.9. The Hall–Kier alpha value is -3.08. The molecule has 8 nitrogen and oxygen atoms in total. The topological polar surface area (TPSA) is 112 Å². The lowest BCUT2D eigenvalue weighted by Gasteiger charge is -2.35. The first-order valence-electron chi connectivity index (χ1n) is 12.5. The van der Waals surface area contributed by atoms with Crippen LogP contribution in [-0.4, -0.2) is 47.0 Å². The summed E-state index contributed by atoms with van der Waals surface area (Å²) < 4.78 is 5.35. The van der Waals surface area contributed by atoms with Crippen LogP contribution in [0.15, 0.2) is 24.3 Å². The van der Waals surface area contributed by atoms with Crippen molar-refractivity contribution in [3.8, 4) is 6.07 Å². The number of carbonyl (C=O) groups is 3. The Balaban J connectivity index is 2.41. The van der Waals surface area contributed by atoms with E-state index in [4.69, 9.17) is 4.74 Å². The quantitative estimate of drug-likeness (QED) is 0.532. The van der Waals surface area contributed by atoms with Crippen molar-refractivity contribution in [3.05, 3.63) is 35.4 Å². The molecule has 1 aromatic carbocycles. The van der Waals surface area contributed by atoms with Gasteiger partial charge in [-0.2, -0.15) is 5.26 Å². The zero-order chi connectivity index (χ0) is 26.2. The Labute approximate surface area is 209 Å². The highest BCUT2D eigenvalue weighted by molar-refractivity contribution is 5.92. The van der Waals surface area contributed by atoms with Gasteiger partial charge in [-0.15, -0.1) is 0 Å². The minimum absolute atomic E-state index is 0.0448. The van der Waals surface area contributed by atoms with Gasteiger partial charge in [0.25, 0.3) is 0 Å². The summed E-state index contributed by atoms with van der Waals surface area (Å²) in [5, 5.41) is 15.4. The van der Waals surface area contributed by atoms with Crippen molar-refractivity contribution in [2.24, 2.45) is 5.92 Å². The van der Waals surface area contributed by atoms with Gasteiger partial charge >= 0.3 is 6.09 Å². The van der Waals surface area contributed by atoms with Gasteiger partial charge in [-0.3, -0.25) is 9.59 Å². The molecule has 0 bridgehead atoms. The molecular formula is C27H40N4O4. The third kappa shape index (κ3) is 8.57. The Kier molecular flexibility index (Phi) is 10.1. The SMILES string of the molecule is Cc1cccc(C(C(=O)NC2CCCCC2)N(CC#N)C(=O)C(NC(=O)OC(C)(C)C)C(C)C)c1. The number of aryl methyl sites for hydroxylation is 1. The molecule has 8 heteroatoms. The molecule has 2 N–H and O–H groups in total. The van der Waals surface area contributed by atoms with E-state index in [0.717, 1.165) is 37.7 Å². The molecule has 0 saturated heterocycles. The van der Waals surface area contributed by atoms with Gasteiger partial charge < -0.3 is 20.3 Å². The minimum Gasteiger partial charge on any atom is -0.444 e. The molecule has 35 heavy (non-hydrogen) atoms. The molecule has 1 aromatic rings. The van der Waals surface area contributed by atoms with Gasteiger partial charge in [0.1, 0.15) is 24.2 Å². The molecule has 0 spiro atoms. The van der Waals surface area contributed by atoms with Crippen LogP contribution < -0.4 is 10.6 Å². The lowest BCUT2D eigenvalue weighted by atomic mass is 9.94. The van der Waals surface area contributed by atoms with Crippen LogP contribution in [-0.2, 0) is 14.3 Å². The summed E-state index contributed by atoms with van der Waals surface area (Å²) in [5.74, 6) is -1.11. The standard InChI is InChI=1S/C27H40N4O4/c1-18(2)22(30-26(34)35-27(4,5)6)25(33)31(16-15-28)23(20-12-10-11-19(3)17-20)24(32)29-21-13-8-7-9-14-21/h10-12,17-18,21-23H,7-9,13-14,16H2,1-6H3,(H,29,32)(H,30,34). The van der Waals surface area contributed by atoms with E-state index in [9.17, 15) is 19.6 Å². The Bertz CT molecular complexity index is 926. The average Bonchev–Trinajstić information content (AvgIpc) is 2.76. The number of ether oxygens (including phenoxy) is 1. The molecule has 0 aliphatic heterocycles. The van der Waals surface area contributed by atoms with E-state index < -0.39 is 29.7 Å². The highest BCUT2D eigenvalue weighted by Gasteiger charge is 2.38. The lowest BCUT2D eigenvalue weighted by Crippen LogP contribution is -2.55. The summed E-state index contributed by atoms with van der Waals surface area (Å²) in [5.41, 5.74) is 0.835. The van der Waals surface area contributed by atoms with Gasteiger partial charge in [0.15, 0.2) is 0 Å². The Morgan fingerprint density at radius 1 is 1.17 bits per heavy atom. The van der Waals surface area contributed by atoms with Crippen molar-refractivity contribution < 1.29 is 19.1 Å². The van der Waals surface area contributed by atoms with E-state index in [1.807, 2.05) is 31.2 Å². The maximum absolute atomic E-state index is 13.8. The van der Waals surface area contributed by atoms with Gasteiger partial charge in [-0.25, -0.2) is 4.79 Å². The zero-order valence-corrected chi connectivity index (χ0v) is 21.9. The van der Waals surface area contributed by atoms with Crippen molar-refractivity contribution in [1.29, 1.82) is 5.26 Å². The maximum Gasteiger partial charge on any atom is 0.408 e. The summed E-state index contributed by atoms with van der Waals surface area (Å²) in [6, 6.07) is 7.52. The fourth-order valence-electron chi connectivity index (χ4n) is 4.34. The number of alkyl carbamates (subject to hydrolysis) is 1. The second-order valence-electron chi connectivity index (χ2n) is 10.7. The third-order valence-electron chi connectivity index (χ3n) is 6.00. The fraction of sp³-hybridized carbons (Fsp3) is 0.630. The lowest BCUT2D eigenvalue weighted by molar-refractivity contribution is -0.142. The summed E-state index contributed by atoms with van der Waals surface area (Å²) >= 11 is 0. The summed E-state index contributed by atoms with van der Waals surface area (Å²) in [6.07, 6.45) is 4.33. The monoisotopic (exact) mass is 484 g/mol. The first-order valence-corrected chi connectivity index (χ1v) is 12.5. The van der Waals surface area contributed by atoms with Crippen LogP contribution in [0.5, 0.6) is 0 Å². The van der Waals surface area contributed by atoms with Gasteiger partial charge in [0.05, 0.1) is 6.07 Å². The molecule has 1 fully saturated rings. The van der Waals surface area contributed by atoms with E-state index in [0.29, 0.717) is 5.56 Å². The van der Waals surface area contributed by atoms with Crippen LogP contribution in [0.1, 0.15) is 83.9 Å². The van der Waals surface area contributed by atoms with Crippen molar-refractivity contribution in [3.63, 3.8) is 0 Å². The molecule has 1 aliphatic carbocycles. The van der Waals surface area contributed by atoms with Crippen molar-refractivity contribution in [1.82, 2.24) is 15.5 Å². The molecule has 2 atom stereocenters. The summed E-state index contributed by atoms with van der Waals surface area (Å²) in [4.78, 5) is 41.2. The van der Waals surface area contributed by atoms with Gasteiger partial charge in [-0.1, -0.05) is 62.9 Å². The smallest absolute Gasteiger partial charge is 0.408 e. The highest BCUT2D eigenvalue weighted by Crippen LogP contribution is 2.26. The molecule has 0 heterocycles. The number of benzene rings is 1. The van der Waals surface area contributed by atoms with E-state index >= 15 is 0 Å². The molecule has 1 aliphatic rings. The summed E-state index contributed by atoms with van der Waals surface area (Å²) in [6.45, 7) is 10.4. The van der Waals surface area contributed by atoms with E-state index in [1.165, 1.54) is 4.90 Å². The largest absolute Gasteiger partial charge is 0.444 e. The number of nitrogens with one attached hydrogen (secondary N) is 2. The predicted molar refractivity (Wildman–Crippen MR) is 134 cm³/mol. The van der Waals surface area contributed by atoms with Crippen LogP contribution in [0.2, 0.25) is 0 Å². The normalized spacial score (nSPS) is 16.1. The molecule has 2 unspecified atom stereocenters. The van der Waals surface area contributed by atoms with E-state index in [-0.39, 0.29) is 24.4 Å². The number of hydrogen-bond acceptors (Lipinski definition) is 5. The third-order valence-corrected chi connectivity index (χ3v) is 6.00. The highest BCUT2D eigenvalue weighted by atomic mass is 16.6. The van der Waals surface area contributed by atoms with E-state index in [1.54, 1.807) is 40.7 Å². The van der Waals surface area contributed by atoms with Crippen LogP contribution in [0.25, 0.3) is 0 Å². The van der Waals surface area contributed by atoms with Crippen molar-refractivity contribution in [2.45, 2.75) is 97.4 Å². The molecule has 2 rings (SSSR count). The van der Waals surface area contributed by atoms with Crippen LogP contribution >= 0.6 is 0 Å². The van der Waals surface area contributed by atoms with Gasteiger partial charge in [-0.05, 0) is 52.0 Å². The number of carbonyl (C=O) groups excluding carboxylic acids is 3. The predicted octanol–water partition coefficient (Wildman–Crippen LogP) is 4.39. The number of nitriles is 1. The Morgan fingerprint density at radius 2 is 1.83 bits per heavy atom. The van der Waals surface area contributed by atoms with Crippen LogP contribution in [0, 0.1) is 24.2 Å². The fourth-order valence-corrected chi connectivity index (χ4v) is 4.34. The molecule has 0 radical (unpaired) electrons. The molecule has 3 amide bonds. The molecule has 192 valence electrons. The van der Waals surface area contributed by atoms with E-state index in [2.05, 4.69) is 10.6 Å². The van der Waals surface area contributed by atoms with Crippen LogP contribution in [0.3, 0.4) is 0 Å². The Morgan fingerprint density at radius 3 is 2.37 bits per heavy atom. The van der Waals surface area contributed by atoms with Gasteiger partial charge in [0, 0.05) is 6.04 Å².